The Bertz CT molecular complexity index is 1580. The van der Waals surface area contributed by atoms with Gasteiger partial charge in [0, 0.05) is 23.4 Å². The smallest absolute Gasteiger partial charge is 0.430 e. The molecule has 5 rings (SSSR count). The maximum atomic E-state index is 14.0. The number of hydrogen-bond acceptors (Lipinski definition) is 5. The summed E-state index contributed by atoms with van der Waals surface area (Å²) in [4.78, 5) is 41.1. The molecule has 1 saturated heterocycles. The number of amides is 2. The van der Waals surface area contributed by atoms with Crippen LogP contribution in [0.4, 0.5) is 24.5 Å². The van der Waals surface area contributed by atoms with Crippen LogP contribution in [0.3, 0.4) is 0 Å². The van der Waals surface area contributed by atoms with Crippen molar-refractivity contribution in [3.63, 3.8) is 0 Å². The van der Waals surface area contributed by atoms with Crippen LogP contribution >= 0.6 is 0 Å². The molecule has 0 bridgehead atoms. The van der Waals surface area contributed by atoms with Gasteiger partial charge in [0.25, 0.3) is 11.8 Å². The van der Waals surface area contributed by atoms with Crippen molar-refractivity contribution in [1.29, 1.82) is 5.39 Å². The number of carboxylic acid groups (broad SMARTS) is 1. The second-order valence-corrected chi connectivity index (χ2v) is 8.88. The highest BCUT2D eigenvalue weighted by Gasteiger charge is 2.63. The van der Waals surface area contributed by atoms with E-state index in [-0.39, 0.29) is 5.91 Å². The number of halogens is 3. The molecule has 0 aromatic heterocycles. The summed E-state index contributed by atoms with van der Waals surface area (Å²) in [5, 5.41) is 20.8. The van der Waals surface area contributed by atoms with Gasteiger partial charge in [-0.15, -0.1) is 0 Å². The lowest BCUT2D eigenvalue weighted by Gasteiger charge is -2.56. The van der Waals surface area contributed by atoms with Crippen molar-refractivity contribution >= 4 is 29.2 Å². The molecule has 1 fully saturated rings. The number of carbonyl (C=O) groups excluding carboxylic acids is 3. The third-order valence-corrected chi connectivity index (χ3v) is 6.39. The average molecular weight is 559 g/mol. The third kappa shape index (κ3) is 5.77. The van der Waals surface area contributed by atoms with Crippen LogP contribution in [0.15, 0.2) is 115 Å². The van der Waals surface area contributed by atoms with Gasteiger partial charge >= 0.3 is 11.9 Å². The lowest BCUT2D eigenvalue weighted by molar-refractivity contribution is -0.344. The number of benzene rings is 4. The molecule has 2 amide bonds. The van der Waals surface area contributed by atoms with Gasteiger partial charge in [-0.05, 0) is 35.4 Å². The zero-order valence-electron chi connectivity index (χ0n) is 21.2. The number of aliphatic carboxylic acids is 1. The minimum absolute atomic E-state index is 0.214. The van der Waals surface area contributed by atoms with Gasteiger partial charge in [0.15, 0.2) is 10.5 Å². The summed E-state index contributed by atoms with van der Waals surface area (Å²) in [6, 6.07) is 34.3. The molecule has 41 heavy (non-hydrogen) atoms. The summed E-state index contributed by atoms with van der Waals surface area (Å²) in [5.74, 6) is -3.61. The second-order valence-electron chi connectivity index (χ2n) is 8.88. The van der Waals surface area contributed by atoms with Crippen molar-refractivity contribution in [2.45, 2.75) is 17.8 Å². The first-order valence-corrected chi connectivity index (χ1v) is 12.1. The molecule has 1 N–H and O–H groups in total. The van der Waals surface area contributed by atoms with Crippen LogP contribution < -0.4 is 15.3 Å². The number of carbonyl (C=O) groups is 3. The Morgan fingerprint density at radius 2 is 1.32 bits per heavy atom. The Balaban J connectivity index is 0.000000493. The van der Waals surface area contributed by atoms with E-state index in [2.05, 4.69) is 10.3 Å². The van der Waals surface area contributed by atoms with Gasteiger partial charge in [0.05, 0.1) is 6.04 Å². The number of para-hydroxylation sites is 1. The zero-order chi connectivity index (χ0) is 29.6. The second kappa shape index (κ2) is 11.7. The van der Waals surface area contributed by atoms with Gasteiger partial charge in [-0.25, -0.2) is 0 Å². The first-order valence-electron chi connectivity index (χ1n) is 12.1. The van der Waals surface area contributed by atoms with Crippen LogP contribution in [-0.2, 0) is 15.1 Å². The number of rotatable bonds is 5. The number of anilines is 1. The summed E-state index contributed by atoms with van der Waals surface area (Å²) in [7, 11) is 0. The molecule has 206 valence electrons. The molecule has 8 nitrogen and oxygen atoms in total. The molecular formula is C30H21F3N4O4. The summed E-state index contributed by atoms with van der Waals surface area (Å²) in [5.41, 5.74) is 1.78. The van der Waals surface area contributed by atoms with Gasteiger partial charge < -0.3 is 15.2 Å². The largest absolute Gasteiger partial charge is 0.542 e. The minimum atomic E-state index is -5.19. The van der Waals surface area contributed by atoms with Crippen molar-refractivity contribution in [1.82, 2.24) is 5.32 Å². The molecule has 11 heteroatoms. The monoisotopic (exact) mass is 558 g/mol. The standard InChI is InChI=1S/C28H20N4O2.C2HF3O2/c29-31-23-18-16-21(17-19-23)26(33)30-28(22-12-6-2-7-13-22)25(20-10-4-1-5-11-20)32(27(28)34)24-14-8-3-9-15-24;3-2(4,5)1(6)7/h1-19,25H;(H,6,7)/t25-,28-;/m1./s1. The molecule has 0 saturated carbocycles. The number of diazo groups is 1. The fourth-order valence-electron chi connectivity index (χ4n) is 4.55. The Kier molecular flexibility index (Phi) is 8.14. The topological polar surface area (TPSA) is 118 Å². The first-order chi connectivity index (χ1) is 19.6. The molecule has 0 aliphatic carbocycles. The number of alkyl halides is 3. The lowest BCUT2D eigenvalue weighted by atomic mass is 9.69. The van der Waals surface area contributed by atoms with Gasteiger partial charge in [-0.3, -0.25) is 14.5 Å². The Labute approximate surface area is 232 Å². The minimum Gasteiger partial charge on any atom is -0.542 e. The van der Waals surface area contributed by atoms with E-state index in [1.807, 2.05) is 91.0 Å². The molecule has 2 atom stereocenters. The van der Waals surface area contributed by atoms with Crippen LogP contribution in [0.25, 0.3) is 4.98 Å². The molecule has 0 radical (unpaired) electrons. The number of nitrogens with one attached hydrogen (secondary N) is 1. The van der Waals surface area contributed by atoms with Crippen LogP contribution in [-0.4, -0.2) is 24.0 Å². The molecule has 1 aliphatic rings. The van der Waals surface area contributed by atoms with E-state index in [9.17, 15) is 22.8 Å². The average Bonchev–Trinajstić information content (AvgIpc) is 2.99. The maximum absolute atomic E-state index is 14.0. The molecule has 1 heterocycles. The molecule has 4 aromatic carbocycles. The van der Waals surface area contributed by atoms with Crippen LogP contribution in [0.2, 0.25) is 0 Å². The molecular weight excluding hydrogens is 537 g/mol. The summed E-state index contributed by atoms with van der Waals surface area (Å²) >= 11 is 0. The van der Waals surface area contributed by atoms with E-state index in [1.54, 1.807) is 17.0 Å². The van der Waals surface area contributed by atoms with Gasteiger partial charge in [0.2, 0.25) is 5.39 Å². The quantitative estimate of drug-likeness (QED) is 0.277. The van der Waals surface area contributed by atoms with E-state index in [0.29, 0.717) is 16.8 Å². The fraction of sp³-hybridized carbons (Fsp3) is 0.100. The highest BCUT2D eigenvalue weighted by Crippen LogP contribution is 2.52. The predicted octanol–water partition coefficient (Wildman–Crippen LogP) is 4.88. The number of hydrogen-bond donors (Lipinski definition) is 1. The van der Waals surface area contributed by atoms with E-state index in [4.69, 9.17) is 15.3 Å². The van der Waals surface area contributed by atoms with Gasteiger partial charge in [-0.1, -0.05) is 78.9 Å². The van der Waals surface area contributed by atoms with Crippen LogP contribution in [0, 0.1) is 5.39 Å². The summed E-state index contributed by atoms with van der Waals surface area (Å²) in [6.45, 7) is 0. The number of nitrogens with zero attached hydrogens (tertiary/aromatic N) is 3. The Morgan fingerprint density at radius 1 is 0.829 bits per heavy atom. The van der Waals surface area contributed by atoms with Crippen LogP contribution in [0.5, 0.6) is 0 Å². The van der Waals surface area contributed by atoms with Crippen molar-refractivity contribution in [2.24, 2.45) is 0 Å². The normalized spacial score (nSPS) is 17.8. The zero-order valence-corrected chi connectivity index (χ0v) is 21.2. The highest BCUT2D eigenvalue weighted by atomic mass is 19.4. The van der Waals surface area contributed by atoms with E-state index < -0.39 is 29.6 Å². The third-order valence-electron chi connectivity index (χ3n) is 6.39. The van der Waals surface area contributed by atoms with Crippen molar-refractivity contribution < 1.29 is 32.7 Å². The van der Waals surface area contributed by atoms with Crippen molar-refractivity contribution in [3.8, 4) is 0 Å². The summed E-state index contributed by atoms with van der Waals surface area (Å²) in [6.07, 6.45) is -5.19. The molecule has 0 spiro atoms. The highest BCUT2D eigenvalue weighted by molar-refractivity contribution is 6.12. The Hall–Kier alpha value is -5.50. The first kappa shape index (κ1) is 28.5. The van der Waals surface area contributed by atoms with Crippen molar-refractivity contribution in [3.05, 3.63) is 137 Å². The SMILES string of the molecule is N#[N+]c1ccc(C(=O)N[C@@]2(c3ccccc3)C(=O)N(c3ccccc3)[C@@H]2c2ccccc2)cc1.O=C([O-])C(F)(F)F. The van der Waals surface area contributed by atoms with Crippen LogP contribution in [0.1, 0.15) is 27.5 Å². The van der Waals surface area contributed by atoms with Gasteiger partial charge in [0.1, 0.15) is 5.97 Å². The van der Waals surface area contributed by atoms with E-state index >= 15 is 0 Å². The van der Waals surface area contributed by atoms with Gasteiger partial charge in [-0.2, -0.15) is 13.2 Å². The van der Waals surface area contributed by atoms with E-state index in [1.165, 1.54) is 12.1 Å². The predicted molar refractivity (Wildman–Crippen MR) is 141 cm³/mol. The number of carboxylic acids is 1. The van der Waals surface area contributed by atoms with Crippen molar-refractivity contribution in [2.75, 3.05) is 4.90 Å². The number of β-lactam (4-membered cyclic amide) rings is 1. The molecule has 0 unspecified atom stereocenters. The molecule has 1 aliphatic heterocycles. The molecule has 4 aromatic rings. The van der Waals surface area contributed by atoms with E-state index in [0.717, 1.165) is 11.3 Å². The Morgan fingerprint density at radius 3 is 1.80 bits per heavy atom. The lowest BCUT2D eigenvalue weighted by Crippen LogP contribution is -2.73. The summed E-state index contributed by atoms with van der Waals surface area (Å²) < 4.78 is 31.5. The maximum Gasteiger partial charge on any atom is 0.430 e. The fourth-order valence-corrected chi connectivity index (χ4v) is 4.55.